The monoisotopic (exact) mass is 300 g/mol. The van der Waals surface area contributed by atoms with Gasteiger partial charge < -0.3 is 14.9 Å². The molecule has 2 aromatic rings. The maximum Gasteiger partial charge on any atom is 0.345 e. The molecule has 0 heterocycles. The van der Waals surface area contributed by atoms with Crippen molar-refractivity contribution in [1.29, 1.82) is 0 Å². The number of carbonyl (C=O) groups is 1. The van der Waals surface area contributed by atoms with Crippen LogP contribution in [0.25, 0.3) is 0 Å². The van der Waals surface area contributed by atoms with E-state index in [-0.39, 0.29) is 12.2 Å². The molecule has 0 saturated carbocycles. The Balaban J connectivity index is 2.08. The Labute approximate surface area is 130 Å². The molecule has 22 heavy (non-hydrogen) atoms. The van der Waals surface area contributed by atoms with E-state index in [9.17, 15) is 15.0 Å². The molecule has 0 aliphatic heterocycles. The minimum Gasteiger partial charge on any atom is -0.508 e. The Bertz CT molecular complexity index is 615. The molecule has 2 rings (SSSR count). The fourth-order valence-corrected chi connectivity index (χ4v) is 2.12. The van der Waals surface area contributed by atoms with E-state index in [0.29, 0.717) is 11.7 Å². The highest BCUT2D eigenvalue weighted by molar-refractivity contribution is 5.73. The van der Waals surface area contributed by atoms with Crippen LogP contribution in [0, 0.1) is 0 Å². The molecule has 4 heteroatoms. The first-order valence-electron chi connectivity index (χ1n) is 7.23. The maximum absolute atomic E-state index is 11.4. The Kier molecular flexibility index (Phi) is 5.04. The summed E-state index contributed by atoms with van der Waals surface area (Å²) in [7, 11) is 0. The smallest absolute Gasteiger partial charge is 0.345 e. The van der Waals surface area contributed by atoms with Crippen molar-refractivity contribution >= 4 is 5.97 Å². The number of ether oxygens (including phenoxy) is 1. The quantitative estimate of drug-likeness (QED) is 0.855. The Morgan fingerprint density at radius 2 is 1.64 bits per heavy atom. The molecular weight excluding hydrogens is 280 g/mol. The first-order chi connectivity index (χ1) is 10.5. The minimum absolute atomic E-state index is 0.154. The third-order valence-corrected chi connectivity index (χ3v) is 3.46. The molecule has 0 aliphatic carbocycles. The zero-order valence-corrected chi connectivity index (χ0v) is 12.7. The molecule has 116 valence electrons. The van der Waals surface area contributed by atoms with Gasteiger partial charge in [-0.25, -0.2) is 4.79 Å². The van der Waals surface area contributed by atoms with Crippen LogP contribution in [0.2, 0.25) is 0 Å². The topological polar surface area (TPSA) is 66.8 Å². The van der Waals surface area contributed by atoms with E-state index in [1.807, 2.05) is 12.1 Å². The molecule has 0 aliphatic rings. The van der Waals surface area contributed by atoms with Gasteiger partial charge in [0.05, 0.1) is 0 Å². The van der Waals surface area contributed by atoms with Crippen molar-refractivity contribution in [3.8, 4) is 11.5 Å². The summed E-state index contributed by atoms with van der Waals surface area (Å²) < 4.78 is 5.58. The van der Waals surface area contributed by atoms with Crippen molar-refractivity contribution in [1.82, 2.24) is 0 Å². The summed E-state index contributed by atoms with van der Waals surface area (Å²) >= 11 is 0. The van der Waals surface area contributed by atoms with Gasteiger partial charge in [-0.05, 0) is 41.3 Å². The highest BCUT2D eigenvalue weighted by atomic mass is 16.5. The molecule has 0 fully saturated rings. The van der Waals surface area contributed by atoms with Gasteiger partial charge in [-0.3, -0.25) is 0 Å². The Morgan fingerprint density at radius 3 is 2.14 bits per heavy atom. The van der Waals surface area contributed by atoms with Gasteiger partial charge in [0.1, 0.15) is 11.5 Å². The van der Waals surface area contributed by atoms with Gasteiger partial charge in [0.25, 0.3) is 0 Å². The highest BCUT2D eigenvalue weighted by Gasteiger charge is 2.20. The third-order valence-electron chi connectivity index (χ3n) is 3.46. The van der Waals surface area contributed by atoms with E-state index in [1.165, 1.54) is 17.7 Å². The van der Waals surface area contributed by atoms with Crippen LogP contribution in [-0.2, 0) is 11.2 Å². The zero-order chi connectivity index (χ0) is 16.1. The predicted molar refractivity (Wildman–Crippen MR) is 84.4 cm³/mol. The minimum atomic E-state index is -1.01. The average Bonchev–Trinajstić information content (AvgIpc) is 2.49. The standard InChI is InChI=1S/C18H20O4/c1-12(2)14-5-9-16(10-6-14)22-17(18(20)21)11-13-3-7-15(19)8-4-13/h3-10,12,17,19H,11H2,1-2H3,(H,20,21)/t17-/m1/s1. The van der Waals surface area contributed by atoms with Crippen molar-refractivity contribution in [3.63, 3.8) is 0 Å². The van der Waals surface area contributed by atoms with Crippen LogP contribution in [0.1, 0.15) is 30.9 Å². The van der Waals surface area contributed by atoms with Crippen LogP contribution in [-0.4, -0.2) is 22.3 Å². The van der Waals surface area contributed by atoms with Crippen molar-refractivity contribution in [2.45, 2.75) is 32.3 Å². The number of phenolic OH excluding ortho intramolecular Hbond substituents is 1. The number of rotatable bonds is 6. The molecule has 0 spiro atoms. The van der Waals surface area contributed by atoms with Crippen molar-refractivity contribution < 1.29 is 19.7 Å². The van der Waals surface area contributed by atoms with Gasteiger partial charge in [-0.15, -0.1) is 0 Å². The van der Waals surface area contributed by atoms with Crippen LogP contribution in [0.3, 0.4) is 0 Å². The predicted octanol–water partition coefficient (Wildman–Crippen LogP) is 3.59. The van der Waals surface area contributed by atoms with Crippen LogP contribution in [0.4, 0.5) is 0 Å². The van der Waals surface area contributed by atoms with E-state index in [2.05, 4.69) is 13.8 Å². The largest absolute Gasteiger partial charge is 0.508 e. The van der Waals surface area contributed by atoms with E-state index < -0.39 is 12.1 Å². The molecule has 2 aromatic carbocycles. The number of carboxylic acid groups (broad SMARTS) is 1. The molecule has 4 nitrogen and oxygen atoms in total. The molecule has 0 saturated heterocycles. The summed E-state index contributed by atoms with van der Waals surface area (Å²) in [5.74, 6) is 0.0960. The fraction of sp³-hybridized carbons (Fsp3) is 0.278. The molecule has 0 unspecified atom stereocenters. The summed E-state index contributed by atoms with van der Waals surface area (Å²) in [6.45, 7) is 4.20. The molecule has 1 atom stereocenters. The second kappa shape index (κ2) is 6.98. The van der Waals surface area contributed by atoms with E-state index in [1.54, 1.807) is 24.3 Å². The summed E-state index contributed by atoms with van der Waals surface area (Å²) in [6.07, 6.45) is -0.726. The number of carboxylic acids is 1. The summed E-state index contributed by atoms with van der Waals surface area (Å²) in [4.78, 5) is 11.4. The normalized spacial score (nSPS) is 12.1. The summed E-state index contributed by atoms with van der Waals surface area (Å²) in [5.41, 5.74) is 1.97. The lowest BCUT2D eigenvalue weighted by Crippen LogP contribution is -2.29. The Morgan fingerprint density at radius 1 is 1.05 bits per heavy atom. The van der Waals surface area contributed by atoms with Crippen molar-refractivity contribution in [2.75, 3.05) is 0 Å². The maximum atomic E-state index is 11.4. The third kappa shape index (κ3) is 4.25. The van der Waals surface area contributed by atoms with Gasteiger partial charge in [0.15, 0.2) is 6.10 Å². The number of benzene rings is 2. The number of aromatic hydroxyl groups is 1. The Hall–Kier alpha value is -2.49. The van der Waals surface area contributed by atoms with Crippen molar-refractivity contribution in [3.05, 3.63) is 59.7 Å². The highest BCUT2D eigenvalue weighted by Crippen LogP contribution is 2.20. The van der Waals surface area contributed by atoms with E-state index >= 15 is 0 Å². The molecule has 0 radical (unpaired) electrons. The molecule has 0 bridgehead atoms. The van der Waals surface area contributed by atoms with Crippen molar-refractivity contribution in [2.24, 2.45) is 0 Å². The lowest BCUT2D eigenvalue weighted by molar-refractivity contribution is -0.145. The van der Waals surface area contributed by atoms with Gasteiger partial charge in [0, 0.05) is 6.42 Å². The van der Waals surface area contributed by atoms with Gasteiger partial charge in [-0.2, -0.15) is 0 Å². The van der Waals surface area contributed by atoms with Crippen LogP contribution >= 0.6 is 0 Å². The fourth-order valence-electron chi connectivity index (χ4n) is 2.12. The van der Waals surface area contributed by atoms with Gasteiger partial charge >= 0.3 is 5.97 Å². The SMILES string of the molecule is CC(C)c1ccc(O[C@H](Cc2ccc(O)cc2)C(=O)O)cc1. The van der Waals surface area contributed by atoms with Crippen LogP contribution < -0.4 is 4.74 Å². The van der Waals surface area contributed by atoms with E-state index in [4.69, 9.17) is 4.74 Å². The number of aliphatic carboxylic acids is 1. The molecule has 2 N–H and O–H groups in total. The van der Waals surface area contributed by atoms with Crippen LogP contribution in [0.5, 0.6) is 11.5 Å². The summed E-state index contributed by atoms with van der Waals surface area (Å²) in [6, 6.07) is 13.9. The second-order valence-corrected chi connectivity index (χ2v) is 5.54. The number of hydrogen-bond donors (Lipinski definition) is 2. The van der Waals surface area contributed by atoms with Crippen LogP contribution in [0.15, 0.2) is 48.5 Å². The lowest BCUT2D eigenvalue weighted by atomic mass is 10.0. The zero-order valence-electron chi connectivity index (χ0n) is 12.7. The lowest BCUT2D eigenvalue weighted by Gasteiger charge is -2.16. The molecule has 0 aromatic heterocycles. The first kappa shape index (κ1) is 15.9. The average molecular weight is 300 g/mol. The van der Waals surface area contributed by atoms with Gasteiger partial charge in [0.2, 0.25) is 0 Å². The number of phenols is 1. The van der Waals surface area contributed by atoms with Gasteiger partial charge in [-0.1, -0.05) is 38.1 Å². The molecular formula is C18H20O4. The summed E-state index contributed by atoms with van der Waals surface area (Å²) in [5, 5.41) is 18.6. The second-order valence-electron chi connectivity index (χ2n) is 5.54. The van der Waals surface area contributed by atoms with E-state index in [0.717, 1.165) is 5.56 Å². The first-order valence-corrected chi connectivity index (χ1v) is 7.23. The molecule has 0 amide bonds. The number of hydrogen-bond acceptors (Lipinski definition) is 3.